The number of hydrogen-bond acceptors (Lipinski definition) is 4. The Morgan fingerprint density at radius 1 is 1.78 bits per heavy atom. The summed E-state index contributed by atoms with van der Waals surface area (Å²) in [5.41, 5.74) is 0. The van der Waals surface area contributed by atoms with Crippen molar-refractivity contribution in [2.45, 2.75) is 0 Å². The number of hydrogen-bond donors (Lipinski definition) is 2. The van der Waals surface area contributed by atoms with Gasteiger partial charge in [-0.05, 0) is 0 Å². The Morgan fingerprint density at radius 2 is 2.56 bits per heavy atom. The number of thioether (sulfide) groups is 1. The maximum atomic E-state index is 10.5. The molecule has 1 aliphatic heterocycles. The second kappa shape index (κ2) is 2.72. The van der Waals surface area contributed by atoms with Crippen molar-refractivity contribution in [1.82, 2.24) is 5.32 Å². The van der Waals surface area contributed by atoms with Crippen LogP contribution in [0.5, 0.6) is 0 Å². The molecule has 0 aromatic heterocycles. The summed E-state index contributed by atoms with van der Waals surface area (Å²) in [4.78, 5) is 10.5. The minimum atomic E-state index is -0.00704. The Morgan fingerprint density at radius 3 is 3.00 bits per heavy atom. The van der Waals surface area contributed by atoms with Gasteiger partial charge in [0, 0.05) is 0 Å². The molecule has 5 heteroatoms. The topological polar surface area (TPSA) is 61.7 Å². The molecule has 0 bridgehead atoms. The molecular formula is C4H6N2O2S. The fraction of sp³-hybridized carbons (Fsp3) is 0.500. The highest BCUT2D eigenvalue weighted by Crippen LogP contribution is 2.06. The lowest BCUT2D eigenvalue weighted by Crippen LogP contribution is -2.35. The third kappa shape index (κ3) is 1.60. The Bertz CT molecular complexity index is 145. The van der Waals surface area contributed by atoms with Crippen molar-refractivity contribution in [2.75, 3.05) is 12.3 Å². The van der Waals surface area contributed by atoms with E-state index < -0.39 is 0 Å². The van der Waals surface area contributed by atoms with Crippen LogP contribution in [0.25, 0.3) is 0 Å². The molecular weight excluding hydrogens is 140 g/mol. The standard InChI is InChI=1S/C4H6N2O2S/c7-3-2-9-4(6-8)1-5-3/h8H,1-2H2,(H,5,7). The summed E-state index contributed by atoms with van der Waals surface area (Å²) in [5, 5.41) is 14.2. The zero-order valence-electron chi connectivity index (χ0n) is 4.63. The van der Waals surface area contributed by atoms with Crippen LogP contribution in [0.15, 0.2) is 5.16 Å². The van der Waals surface area contributed by atoms with Gasteiger partial charge in [0.25, 0.3) is 0 Å². The molecule has 2 N–H and O–H groups in total. The predicted molar refractivity (Wildman–Crippen MR) is 34.7 cm³/mol. The smallest absolute Gasteiger partial charge is 0.230 e. The first-order valence-electron chi connectivity index (χ1n) is 2.43. The van der Waals surface area contributed by atoms with Crippen LogP contribution >= 0.6 is 11.8 Å². The number of rotatable bonds is 0. The van der Waals surface area contributed by atoms with Crippen molar-refractivity contribution in [3.8, 4) is 0 Å². The van der Waals surface area contributed by atoms with Gasteiger partial charge in [0.1, 0.15) is 5.04 Å². The molecule has 0 saturated carbocycles. The zero-order chi connectivity index (χ0) is 6.69. The zero-order valence-corrected chi connectivity index (χ0v) is 5.44. The van der Waals surface area contributed by atoms with E-state index in [2.05, 4.69) is 10.5 Å². The van der Waals surface area contributed by atoms with Crippen LogP contribution in [-0.2, 0) is 4.79 Å². The Kier molecular flexibility index (Phi) is 1.94. The van der Waals surface area contributed by atoms with Gasteiger partial charge in [-0.25, -0.2) is 0 Å². The minimum Gasteiger partial charge on any atom is -0.410 e. The highest BCUT2D eigenvalue weighted by molar-refractivity contribution is 8.14. The molecule has 0 aromatic carbocycles. The molecule has 9 heavy (non-hydrogen) atoms. The largest absolute Gasteiger partial charge is 0.410 e. The summed E-state index contributed by atoms with van der Waals surface area (Å²) in [6.45, 7) is 0.361. The first-order chi connectivity index (χ1) is 4.33. The normalized spacial score (nSPS) is 24.0. The average molecular weight is 146 g/mol. The monoisotopic (exact) mass is 146 g/mol. The lowest BCUT2D eigenvalue weighted by Gasteiger charge is -2.10. The van der Waals surface area contributed by atoms with Crippen LogP contribution in [0.1, 0.15) is 0 Å². The van der Waals surface area contributed by atoms with E-state index in [1.807, 2.05) is 0 Å². The van der Waals surface area contributed by atoms with Crippen LogP contribution in [0.4, 0.5) is 0 Å². The van der Waals surface area contributed by atoms with Crippen LogP contribution in [0.2, 0.25) is 0 Å². The number of oxime groups is 1. The highest BCUT2D eigenvalue weighted by Gasteiger charge is 2.12. The van der Waals surface area contributed by atoms with Crippen molar-refractivity contribution in [3.63, 3.8) is 0 Å². The highest BCUT2D eigenvalue weighted by atomic mass is 32.2. The van der Waals surface area contributed by atoms with E-state index in [0.717, 1.165) is 0 Å². The molecule has 0 radical (unpaired) electrons. The summed E-state index contributed by atoms with van der Waals surface area (Å²) in [6, 6.07) is 0. The lowest BCUT2D eigenvalue weighted by molar-refractivity contribution is -0.118. The van der Waals surface area contributed by atoms with Crippen LogP contribution in [0, 0.1) is 0 Å². The van der Waals surface area contributed by atoms with Gasteiger partial charge in [-0.15, -0.1) is 0 Å². The summed E-state index contributed by atoms with van der Waals surface area (Å²) in [6.07, 6.45) is 0. The molecule has 0 spiro atoms. The molecule has 0 atom stereocenters. The van der Waals surface area contributed by atoms with Gasteiger partial charge in [-0.2, -0.15) is 0 Å². The van der Waals surface area contributed by atoms with Crippen molar-refractivity contribution >= 4 is 22.7 Å². The Hall–Kier alpha value is -0.710. The SMILES string of the molecule is O=C1CSC(=NO)CN1. The second-order valence-corrected chi connectivity index (χ2v) is 2.61. The Balaban J connectivity index is 2.44. The van der Waals surface area contributed by atoms with Gasteiger partial charge in [-0.1, -0.05) is 16.9 Å². The maximum absolute atomic E-state index is 10.5. The van der Waals surface area contributed by atoms with Crippen molar-refractivity contribution in [3.05, 3.63) is 0 Å². The molecule has 1 saturated heterocycles. The maximum Gasteiger partial charge on any atom is 0.230 e. The van der Waals surface area contributed by atoms with Gasteiger partial charge in [0.15, 0.2) is 0 Å². The van der Waals surface area contributed by atoms with E-state index in [9.17, 15) is 4.79 Å². The molecule has 1 amide bonds. The Labute approximate surface area is 56.3 Å². The van der Waals surface area contributed by atoms with E-state index in [1.54, 1.807) is 0 Å². The van der Waals surface area contributed by atoms with E-state index in [4.69, 9.17) is 5.21 Å². The summed E-state index contributed by atoms with van der Waals surface area (Å²) in [7, 11) is 0. The molecule has 4 nitrogen and oxygen atoms in total. The quantitative estimate of drug-likeness (QED) is 0.362. The summed E-state index contributed by atoms with van der Waals surface area (Å²) in [5.74, 6) is 0.353. The van der Waals surface area contributed by atoms with E-state index in [-0.39, 0.29) is 5.91 Å². The van der Waals surface area contributed by atoms with E-state index in [0.29, 0.717) is 17.3 Å². The van der Waals surface area contributed by atoms with Gasteiger partial charge in [0.2, 0.25) is 5.91 Å². The predicted octanol–water partition coefficient (Wildman–Crippen LogP) is -0.363. The van der Waals surface area contributed by atoms with Gasteiger partial charge in [0.05, 0.1) is 12.3 Å². The molecule has 1 heterocycles. The van der Waals surface area contributed by atoms with Crippen LogP contribution < -0.4 is 5.32 Å². The van der Waals surface area contributed by atoms with Crippen LogP contribution in [-0.4, -0.2) is 28.5 Å². The summed E-state index contributed by atoms with van der Waals surface area (Å²) >= 11 is 1.26. The average Bonchev–Trinajstić information content (AvgIpc) is 1.90. The minimum absolute atomic E-state index is 0.00704. The molecule has 1 fully saturated rings. The van der Waals surface area contributed by atoms with Crippen LogP contribution in [0.3, 0.4) is 0 Å². The fourth-order valence-electron chi connectivity index (χ4n) is 0.489. The molecule has 0 aliphatic carbocycles. The number of amides is 1. The first kappa shape index (κ1) is 6.41. The number of carbonyl (C=O) groups excluding carboxylic acids is 1. The molecule has 0 unspecified atom stereocenters. The second-order valence-electron chi connectivity index (χ2n) is 1.56. The fourth-order valence-corrected chi connectivity index (χ4v) is 1.12. The molecule has 1 rings (SSSR count). The number of nitrogens with one attached hydrogen (secondary N) is 1. The van der Waals surface area contributed by atoms with E-state index >= 15 is 0 Å². The molecule has 50 valence electrons. The van der Waals surface area contributed by atoms with Crippen molar-refractivity contribution in [2.24, 2.45) is 5.16 Å². The van der Waals surface area contributed by atoms with Gasteiger partial charge >= 0.3 is 0 Å². The first-order valence-corrected chi connectivity index (χ1v) is 3.42. The van der Waals surface area contributed by atoms with E-state index in [1.165, 1.54) is 11.8 Å². The summed E-state index contributed by atoms with van der Waals surface area (Å²) < 4.78 is 0. The third-order valence-electron chi connectivity index (χ3n) is 0.918. The van der Waals surface area contributed by atoms with Gasteiger partial charge < -0.3 is 10.5 Å². The lowest BCUT2D eigenvalue weighted by atomic mass is 10.6. The molecule has 1 aliphatic rings. The number of carbonyl (C=O) groups is 1. The number of nitrogens with zero attached hydrogens (tertiary/aromatic N) is 1. The van der Waals surface area contributed by atoms with Crippen molar-refractivity contribution in [1.29, 1.82) is 0 Å². The van der Waals surface area contributed by atoms with Crippen molar-refractivity contribution < 1.29 is 10.0 Å². The van der Waals surface area contributed by atoms with Gasteiger partial charge in [-0.3, -0.25) is 4.79 Å². The third-order valence-corrected chi connectivity index (χ3v) is 1.88. The molecule has 0 aromatic rings.